The number of carbonyl (C=O) groups is 1. The van der Waals surface area contributed by atoms with Gasteiger partial charge in [0.2, 0.25) is 0 Å². The summed E-state index contributed by atoms with van der Waals surface area (Å²) < 4.78 is 46.6. The lowest BCUT2D eigenvalue weighted by molar-refractivity contribution is 0.0728. The molecule has 0 atom stereocenters. The quantitative estimate of drug-likeness (QED) is 0.231. The number of benzene rings is 3. The molecule has 0 aliphatic carbocycles. The highest BCUT2D eigenvalue weighted by Crippen LogP contribution is 2.24. The smallest absolute Gasteiger partial charge is 0.343 e. The lowest BCUT2D eigenvalue weighted by Crippen LogP contribution is -2.09. The minimum atomic E-state index is -0.973. The maximum atomic E-state index is 14.3. The molecular formula is C24H23F3O2. The number of fused-ring (bicyclic) bond motifs is 1. The van der Waals surface area contributed by atoms with Crippen LogP contribution in [0.15, 0.2) is 48.5 Å². The molecule has 0 heterocycles. The maximum Gasteiger partial charge on any atom is 0.343 e. The normalized spacial score (nSPS) is 11.0. The number of esters is 1. The van der Waals surface area contributed by atoms with Crippen LogP contribution in [0.1, 0.15) is 54.9 Å². The van der Waals surface area contributed by atoms with Crippen molar-refractivity contribution in [2.24, 2.45) is 0 Å². The van der Waals surface area contributed by atoms with E-state index in [-0.39, 0.29) is 16.7 Å². The largest absolute Gasteiger partial charge is 0.420 e. The number of rotatable bonds is 8. The summed E-state index contributed by atoms with van der Waals surface area (Å²) in [6.45, 7) is 2.16. The molecule has 0 radical (unpaired) electrons. The Balaban J connectivity index is 1.67. The van der Waals surface area contributed by atoms with Crippen molar-refractivity contribution in [2.75, 3.05) is 0 Å². The molecule has 5 heteroatoms. The molecule has 0 aliphatic rings. The standard InChI is InChI=1S/C24H23F3O2/c1-2-3-4-5-6-7-16-8-13-22(21(26)14-16)29-24(28)18-9-11-19-17(15-18)10-12-20(25)23(19)27/h8-15H,2-7H2,1H3. The van der Waals surface area contributed by atoms with Crippen LogP contribution in [0.25, 0.3) is 10.8 Å². The molecular weight excluding hydrogens is 377 g/mol. The first-order chi connectivity index (χ1) is 14.0. The van der Waals surface area contributed by atoms with E-state index in [4.69, 9.17) is 4.74 Å². The molecule has 0 fully saturated rings. The summed E-state index contributed by atoms with van der Waals surface area (Å²) in [5.74, 6) is -3.45. The van der Waals surface area contributed by atoms with Gasteiger partial charge in [-0.05, 0) is 54.1 Å². The third kappa shape index (κ3) is 5.17. The minimum absolute atomic E-state index is 0.0658. The van der Waals surface area contributed by atoms with Gasteiger partial charge in [-0.1, -0.05) is 50.8 Å². The van der Waals surface area contributed by atoms with E-state index >= 15 is 0 Å². The van der Waals surface area contributed by atoms with Crippen LogP contribution in [0.5, 0.6) is 5.75 Å². The van der Waals surface area contributed by atoms with Crippen LogP contribution in [-0.4, -0.2) is 5.97 Å². The Morgan fingerprint density at radius 2 is 1.66 bits per heavy atom. The van der Waals surface area contributed by atoms with Crippen LogP contribution in [0, 0.1) is 17.5 Å². The molecule has 152 valence electrons. The van der Waals surface area contributed by atoms with E-state index in [1.807, 2.05) is 0 Å². The van der Waals surface area contributed by atoms with E-state index in [1.54, 1.807) is 6.07 Å². The highest BCUT2D eigenvalue weighted by molar-refractivity contribution is 5.96. The Hall–Kier alpha value is -2.82. The first-order valence-corrected chi connectivity index (χ1v) is 9.88. The zero-order valence-corrected chi connectivity index (χ0v) is 16.3. The Kier molecular flexibility index (Phi) is 6.91. The summed E-state index contributed by atoms with van der Waals surface area (Å²) in [6.07, 6.45) is 6.45. The molecule has 0 bridgehead atoms. The molecule has 0 aromatic heterocycles. The number of carbonyl (C=O) groups excluding carboxylic acids is 1. The van der Waals surface area contributed by atoms with Crippen LogP contribution in [0.2, 0.25) is 0 Å². The highest BCUT2D eigenvalue weighted by atomic mass is 19.2. The summed E-state index contributed by atoms with van der Waals surface area (Å²) in [4.78, 5) is 12.4. The lowest BCUT2D eigenvalue weighted by atomic mass is 10.1. The maximum absolute atomic E-state index is 14.3. The molecule has 0 N–H and O–H groups in total. The van der Waals surface area contributed by atoms with E-state index < -0.39 is 23.4 Å². The van der Waals surface area contributed by atoms with Crippen LogP contribution >= 0.6 is 0 Å². The van der Waals surface area contributed by atoms with E-state index in [9.17, 15) is 18.0 Å². The van der Waals surface area contributed by atoms with Gasteiger partial charge in [-0.3, -0.25) is 0 Å². The molecule has 0 aliphatic heterocycles. The van der Waals surface area contributed by atoms with Gasteiger partial charge in [-0.2, -0.15) is 0 Å². The van der Waals surface area contributed by atoms with Gasteiger partial charge in [0.1, 0.15) is 0 Å². The van der Waals surface area contributed by atoms with Gasteiger partial charge >= 0.3 is 5.97 Å². The number of aryl methyl sites for hydroxylation is 1. The van der Waals surface area contributed by atoms with Crippen molar-refractivity contribution >= 4 is 16.7 Å². The fourth-order valence-electron chi connectivity index (χ4n) is 3.27. The summed E-state index contributed by atoms with van der Waals surface area (Å²) in [7, 11) is 0. The fraction of sp³-hybridized carbons (Fsp3) is 0.292. The second-order valence-corrected chi connectivity index (χ2v) is 7.12. The van der Waals surface area contributed by atoms with Crippen LogP contribution in [0.3, 0.4) is 0 Å². The zero-order chi connectivity index (χ0) is 20.8. The molecule has 2 nitrogen and oxygen atoms in total. The van der Waals surface area contributed by atoms with Crippen LogP contribution < -0.4 is 4.74 Å². The van der Waals surface area contributed by atoms with Crippen molar-refractivity contribution in [3.05, 3.63) is 77.1 Å². The SMILES string of the molecule is CCCCCCCc1ccc(OC(=O)c2ccc3c(F)c(F)ccc3c2)c(F)c1. The van der Waals surface area contributed by atoms with Crippen molar-refractivity contribution in [3.63, 3.8) is 0 Å². The van der Waals surface area contributed by atoms with Crippen molar-refractivity contribution in [1.82, 2.24) is 0 Å². The topological polar surface area (TPSA) is 26.3 Å². The van der Waals surface area contributed by atoms with E-state index in [2.05, 4.69) is 6.92 Å². The molecule has 3 aromatic rings. The average Bonchev–Trinajstić information content (AvgIpc) is 2.72. The first-order valence-electron chi connectivity index (χ1n) is 9.88. The van der Waals surface area contributed by atoms with Crippen LogP contribution in [-0.2, 0) is 6.42 Å². The number of hydrogen-bond acceptors (Lipinski definition) is 2. The first kappa shape index (κ1) is 20.9. The molecule has 0 unspecified atom stereocenters. The number of unbranched alkanes of at least 4 members (excludes halogenated alkanes) is 4. The predicted molar refractivity (Wildman–Crippen MR) is 108 cm³/mol. The Morgan fingerprint density at radius 1 is 0.862 bits per heavy atom. The predicted octanol–water partition coefficient (Wildman–Crippen LogP) is 6.99. The Labute approximate surface area is 168 Å². The van der Waals surface area contributed by atoms with Crippen molar-refractivity contribution in [3.8, 4) is 5.75 Å². The van der Waals surface area contributed by atoms with Crippen molar-refractivity contribution in [1.29, 1.82) is 0 Å². The van der Waals surface area contributed by atoms with Gasteiger partial charge in [0.25, 0.3) is 0 Å². The summed E-state index contributed by atoms with van der Waals surface area (Å²) >= 11 is 0. The number of halogens is 3. The number of ether oxygens (including phenoxy) is 1. The zero-order valence-electron chi connectivity index (χ0n) is 16.3. The fourth-order valence-corrected chi connectivity index (χ4v) is 3.27. The molecule has 0 amide bonds. The lowest BCUT2D eigenvalue weighted by Gasteiger charge is -2.09. The Morgan fingerprint density at radius 3 is 2.41 bits per heavy atom. The van der Waals surface area contributed by atoms with E-state index in [0.717, 1.165) is 30.9 Å². The second-order valence-electron chi connectivity index (χ2n) is 7.12. The van der Waals surface area contributed by atoms with Gasteiger partial charge in [0.15, 0.2) is 23.2 Å². The molecule has 0 saturated carbocycles. The molecule has 0 spiro atoms. The van der Waals surface area contributed by atoms with Gasteiger partial charge in [-0.15, -0.1) is 0 Å². The summed E-state index contributed by atoms with van der Waals surface area (Å²) in [5, 5.41) is 0.424. The monoisotopic (exact) mass is 400 g/mol. The molecule has 0 saturated heterocycles. The van der Waals surface area contributed by atoms with Gasteiger partial charge < -0.3 is 4.74 Å². The van der Waals surface area contributed by atoms with Gasteiger partial charge in [0.05, 0.1) is 5.56 Å². The molecule has 3 aromatic carbocycles. The number of hydrogen-bond donors (Lipinski definition) is 0. The molecule has 29 heavy (non-hydrogen) atoms. The third-order valence-corrected chi connectivity index (χ3v) is 4.91. The molecule has 3 rings (SSSR count). The minimum Gasteiger partial charge on any atom is -0.420 e. The van der Waals surface area contributed by atoms with Gasteiger partial charge in [-0.25, -0.2) is 18.0 Å². The van der Waals surface area contributed by atoms with Crippen molar-refractivity contribution in [2.45, 2.75) is 45.4 Å². The third-order valence-electron chi connectivity index (χ3n) is 4.91. The Bertz CT molecular complexity index is 1010. The van der Waals surface area contributed by atoms with E-state index in [1.165, 1.54) is 55.7 Å². The summed E-state index contributed by atoms with van der Waals surface area (Å²) in [6, 6.07) is 11.0. The second kappa shape index (κ2) is 9.59. The average molecular weight is 400 g/mol. The van der Waals surface area contributed by atoms with Gasteiger partial charge in [0, 0.05) is 5.39 Å². The van der Waals surface area contributed by atoms with Crippen LogP contribution in [0.4, 0.5) is 13.2 Å². The van der Waals surface area contributed by atoms with Crippen molar-refractivity contribution < 1.29 is 22.7 Å². The van der Waals surface area contributed by atoms with E-state index in [0.29, 0.717) is 5.39 Å². The summed E-state index contributed by atoms with van der Waals surface area (Å²) in [5.41, 5.74) is 0.991. The highest BCUT2D eigenvalue weighted by Gasteiger charge is 2.15.